The Balaban J connectivity index is 1.95. The molecule has 25 heavy (non-hydrogen) atoms. The number of amides is 2. The van der Waals surface area contributed by atoms with Crippen LogP contribution in [-0.2, 0) is 11.0 Å². The fraction of sp³-hybridized carbons (Fsp3) is 0.176. The van der Waals surface area contributed by atoms with Gasteiger partial charge in [-0.15, -0.1) is 0 Å². The van der Waals surface area contributed by atoms with Gasteiger partial charge >= 0.3 is 6.18 Å². The van der Waals surface area contributed by atoms with Crippen molar-refractivity contribution in [1.29, 1.82) is 0 Å². The summed E-state index contributed by atoms with van der Waals surface area (Å²) in [5, 5.41) is 0. The predicted octanol–water partition coefficient (Wildman–Crippen LogP) is 3.39. The second-order valence-corrected chi connectivity index (χ2v) is 5.23. The number of halogens is 3. The third-order valence-corrected chi connectivity index (χ3v) is 3.23. The first kappa shape index (κ1) is 18.3. The van der Waals surface area contributed by atoms with E-state index in [-0.39, 0.29) is 11.1 Å². The Morgan fingerprint density at radius 3 is 2.44 bits per heavy atom. The molecule has 1 aromatic carbocycles. The molecule has 0 unspecified atom stereocenters. The minimum absolute atomic E-state index is 0.206. The van der Waals surface area contributed by atoms with Crippen LogP contribution < -0.4 is 10.9 Å². The summed E-state index contributed by atoms with van der Waals surface area (Å²) in [6, 6.07) is 6.05. The highest BCUT2D eigenvalue weighted by molar-refractivity contribution is 5.98. The van der Waals surface area contributed by atoms with Crippen molar-refractivity contribution >= 4 is 17.9 Å². The Bertz CT molecular complexity index is 823. The average Bonchev–Trinajstić information content (AvgIpc) is 2.88. The van der Waals surface area contributed by atoms with Gasteiger partial charge in [0.05, 0.1) is 11.1 Å². The Morgan fingerprint density at radius 1 is 1.12 bits per heavy atom. The molecule has 5 nitrogen and oxygen atoms in total. The molecular formula is C17H15F3N2O3. The molecule has 2 amide bonds. The van der Waals surface area contributed by atoms with Crippen LogP contribution in [-0.4, -0.2) is 11.8 Å². The van der Waals surface area contributed by atoms with Gasteiger partial charge in [-0.2, -0.15) is 13.2 Å². The molecule has 1 heterocycles. The Hall–Kier alpha value is -3.03. The number of hydrogen-bond acceptors (Lipinski definition) is 3. The van der Waals surface area contributed by atoms with Crippen LogP contribution in [0.15, 0.2) is 40.8 Å². The molecule has 0 saturated carbocycles. The fourth-order valence-corrected chi connectivity index (χ4v) is 2.07. The summed E-state index contributed by atoms with van der Waals surface area (Å²) in [7, 11) is 0. The van der Waals surface area contributed by atoms with Crippen LogP contribution in [0.25, 0.3) is 6.08 Å². The van der Waals surface area contributed by atoms with Crippen molar-refractivity contribution in [1.82, 2.24) is 10.9 Å². The van der Waals surface area contributed by atoms with Gasteiger partial charge in [-0.05, 0) is 43.7 Å². The second kappa shape index (κ2) is 7.25. The molecule has 0 aliphatic carbocycles. The Morgan fingerprint density at radius 2 is 1.84 bits per heavy atom. The van der Waals surface area contributed by atoms with E-state index >= 15 is 0 Å². The molecule has 0 aliphatic heterocycles. The number of nitrogens with one attached hydrogen (secondary N) is 2. The van der Waals surface area contributed by atoms with Crippen molar-refractivity contribution in [2.24, 2.45) is 0 Å². The topological polar surface area (TPSA) is 71.3 Å². The van der Waals surface area contributed by atoms with Crippen LogP contribution in [0.1, 0.15) is 33.0 Å². The van der Waals surface area contributed by atoms with Crippen molar-refractivity contribution in [2.75, 3.05) is 0 Å². The number of hydrazine groups is 1. The zero-order valence-corrected chi connectivity index (χ0v) is 13.4. The number of carbonyl (C=O) groups excluding carboxylic acids is 2. The van der Waals surface area contributed by atoms with Crippen LogP contribution in [0.5, 0.6) is 0 Å². The van der Waals surface area contributed by atoms with E-state index in [2.05, 4.69) is 10.9 Å². The van der Waals surface area contributed by atoms with E-state index in [0.717, 1.165) is 18.2 Å². The maximum absolute atomic E-state index is 12.6. The maximum Gasteiger partial charge on any atom is 0.416 e. The first-order valence-corrected chi connectivity index (χ1v) is 7.19. The summed E-state index contributed by atoms with van der Waals surface area (Å²) in [5.74, 6) is -0.291. The van der Waals surface area contributed by atoms with E-state index in [1.54, 1.807) is 13.8 Å². The number of rotatable bonds is 3. The van der Waals surface area contributed by atoms with Crippen molar-refractivity contribution in [3.63, 3.8) is 0 Å². The van der Waals surface area contributed by atoms with Gasteiger partial charge in [-0.25, -0.2) is 0 Å². The molecule has 0 spiro atoms. The molecular weight excluding hydrogens is 337 g/mol. The van der Waals surface area contributed by atoms with Crippen LogP contribution in [0.3, 0.4) is 0 Å². The minimum Gasteiger partial charge on any atom is -0.466 e. The van der Waals surface area contributed by atoms with Gasteiger partial charge in [0.25, 0.3) is 11.8 Å². The van der Waals surface area contributed by atoms with Crippen LogP contribution >= 0.6 is 0 Å². The van der Waals surface area contributed by atoms with E-state index < -0.39 is 23.6 Å². The summed E-state index contributed by atoms with van der Waals surface area (Å²) < 4.78 is 43.0. The van der Waals surface area contributed by atoms with Crippen LogP contribution in [0.4, 0.5) is 13.2 Å². The monoisotopic (exact) mass is 352 g/mol. The van der Waals surface area contributed by atoms with E-state index in [4.69, 9.17) is 4.42 Å². The summed E-state index contributed by atoms with van der Waals surface area (Å²) in [4.78, 5) is 23.5. The lowest BCUT2D eigenvalue weighted by molar-refractivity contribution is -0.137. The molecule has 1 aromatic heterocycles. The lowest BCUT2D eigenvalue weighted by Gasteiger charge is -2.07. The summed E-state index contributed by atoms with van der Waals surface area (Å²) in [6.07, 6.45) is -2.23. The first-order chi connectivity index (χ1) is 11.7. The van der Waals surface area contributed by atoms with Crippen molar-refractivity contribution < 1.29 is 27.2 Å². The highest BCUT2D eigenvalue weighted by Gasteiger charge is 2.30. The number of hydrogen-bond donors (Lipinski definition) is 2. The highest BCUT2D eigenvalue weighted by atomic mass is 19.4. The quantitative estimate of drug-likeness (QED) is 0.657. The fourth-order valence-electron chi connectivity index (χ4n) is 2.07. The normalized spacial score (nSPS) is 11.6. The third kappa shape index (κ3) is 4.97. The molecule has 0 atom stereocenters. The molecule has 0 fully saturated rings. The van der Waals surface area contributed by atoms with Crippen molar-refractivity contribution in [2.45, 2.75) is 20.0 Å². The lowest BCUT2D eigenvalue weighted by atomic mass is 10.1. The number of carbonyl (C=O) groups is 2. The zero-order chi connectivity index (χ0) is 18.6. The average molecular weight is 352 g/mol. The van der Waals surface area contributed by atoms with Crippen LogP contribution in [0.2, 0.25) is 0 Å². The highest BCUT2D eigenvalue weighted by Crippen LogP contribution is 2.29. The third-order valence-electron chi connectivity index (χ3n) is 3.23. The van der Waals surface area contributed by atoms with Gasteiger partial charge in [0.15, 0.2) is 0 Å². The maximum atomic E-state index is 12.6. The smallest absolute Gasteiger partial charge is 0.416 e. The number of alkyl halides is 3. The minimum atomic E-state index is -4.46. The van der Waals surface area contributed by atoms with Gasteiger partial charge in [-0.1, -0.05) is 12.1 Å². The molecule has 2 rings (SSSR count). The second-order valence-electron chi connectivity index (χ2n) is 5.23. The molecule has 2 N–H and O–H groups in total. The summed E-state index contributed by atoms with van der Waals surface area (Å²) in [6.45, 7) is 3.29. The summed E-state index contributed by atoms with van der Waals surface area (Å²) >= 11 is 0. The summed E-state index contributed by atoms with van der Waals surface area (Å²) in [5.41, 5.74) is 4.01. The molecule has 132 valence electrons. The Kier molecular flexibility index (Phi) is 5.31. The molecule has 0 radical (unpaired) electrons. The molecule has 8 heteroatoms. The number of furan rings is 1. The van der Waals surface area contributed by atoms with E-state index in [0.29, 0.717) is 11.5 Å². The molecule has 0 saturated heterocycles. The molecule has 0 bridgehead atoms. The van der Waals surface area contributed by atoms with Gasteiger partial charge in [0.2, 0.25) is 0 Å². The first-order valence-electron chi connectivity index (χ1n) is 7.19. The standard InChI is InChI=1S/C17H15F3N2O3/c1-10-8-14(11(2)25-10)16(24)22-21-15(23)7-6-12-4-3-5-13(9-12)17(18,19)20/h3-9H,1-2H3,(H,21,23)(H,22,24)/b7-6+. The van der Waals surface area contributed by atoms with Crippen molar-refractivity contribution in [3.8, 4) is 0 Å². The van der Waals surface area contributed by atoms with E-state index in [1.807, 2.05) is 0 Å². The SMILES string of the molecule is Cc1cc(C(=O)NNC(=O)/C=C/c2cccc(C(F)(F)F)c2)c(C)o1. The molecule has 2 aromatic rings. The van der Waals surface area contributed by atoms with E-state index in [9.17, 15) is 22.8 Å². The molecule has 0 aliphatic rings. The lowest BCUT2D eigenvalue weighted by Crippen LogP contribution is -2.40. The van der Waals surface area contributed by atoms with E-state index in [1.165, 1.54) is 24.3 Å². The van der Waals surface area contributed by atoms with Gasteiger partial charge < -0.3 is 4.42 Å². The number of benzene rings is 1. The number of aryl methyl sites for hydroxylation is 2. The van der Waals surface area contributed by atoms with Gasteiger partial charge in [-0.3, -0.25) is 20.4 Å². The zero-order valence-electron chi connectivity index (χ0n) is 13.4. The van der Waals surface area contributed by atoms with Gasteiger partial charge in [0.1, 0.15) is 11.5 Å². The predicted molar refractivity (Wildman–Crippen MR) is 84.3 cm³/mol. The van der Waals surface area contributed by atoms with Crippen LogP contribution in [0, 0.1) is 13.8 Å². The largest absolute Gasteiger partial charge is 0.466 e. The van der Waals surface area contributed by atoms with Gasteiger partial charge in [0, 0.05) is 6.08 Å². The van der Waals surface area contributed by atoms with Crippen molar-refractivity contribution in [3.05, 3.63) is 64.6 Å². The Labute approximate surface area is 141 Å².